The van der Waals surface area contributed by atoms with Gasteiger partial charge in [-0.25, -0.2) is 4.57 Å². The van der Waals surface area contributed by atoms with Gasteiger partial charge < -0.3 is 9.47 Å². The molecule has 0 aliphatic heterocycles. The monoisotopic (exact) mass is 617 g/mol. The SMILES string of the molecule is C=CCOP(=O)(OCCC)OC[C@@H](COCC[C@@H](CCCCCCC)OC(=O)CCCCCCCCCCC)N=[N+]=[N-]. The maximum Gasteiger partial charge on any atom is 0.475 e. The predicted octanol–water partition coefficient (Wildman–Crippen LogP) is 10.0. The van der Waals surface area contributed by atoms with Crippen molar-refractivity contribution in [3.8, 4) is 0 Å². The molecule has 0 amide bonds. The first-order valence-corrected chi connectivity index (χ1v) is 17.9. The van der Waals surface area contributed by atoms with Crippen LogP contribution in [-0.2, 0) is 32.4 Å². The number of ether oxygens (including phenoxy) is 2. The zero-order chi connectivity index (χ0) is 31.2. The quantitative estimate of drug-likeness (QED) is 0.0140. The molecule has 0 aromatic rings. The summed E-state index contributed by atoms with van der Waals surface area (Å²) in [4.78, 5) is 15.4. The van der Waals surface area contributed by atoms with Crippen LogP contribution in [-0.4, -0.2) is 51.1 Å². The van der Waals surface area contributed by atoms with Gasteiger partial charge in [-0.1, -0.05) is 109 Å². The van der Waals surface area contributed by atoms with E-state index in [2.05, 4.69) is 30.5 Å². The first-order valence-electron chi connectivity index (χ1n) is 16.4. The Hall–Kier alpha value is -1.41. The molecule has 3 atom stereocenters. The minimum Gasteiger partial charge on any atom is -0.462 e. The van der Waals surface area contributed by atoms with E-state index in [4.69, 9.17) is 28.6 Å². The molecule has 246 valence electrons. The smallest absolute Gasteiger partial charge is 0.462 e. The predicted molar refractivity (Wildman–Crippen MR) is 169 cm³/mol. The number of nitrogens with zero attached hydrogens (tertiary/aromatic N) is 3. The molecular formula is C31H60N3O7P. The molecule has 0 fully saturated rings. The summed E-state index contributed by atoms with van der Waals surface area (Å²) in [5, 5.41) is 3.70. The molecule has 0 saturated heterocycles. The maximum atomic E-state index is 12.8. The van der Waals surface area contributed by atoms with E-state index in [1.165, 1.54) is 70.3 Å². The van der Waals surface area contributed by atoms with Crippen LogP contribution in [0, 0.1) is 0 Å². The number of hydrogen-bond acceptors (Lipinski definition) is 8. The van der Waals surface area contributed by atoms with Crippen LogP contribution in [0.1, 0.15) is 136 Å². The van der Waals surface area contributed by atoms with Crippen molar-refractivity contribution >= 4 is 13.8 Å². The number of hydrogen-bond donors (Lipinski definition) is 0. The third kappa shape index (κ3) is 25.1. The molecule has 0 saturated carbocycles. The first kappa shape index (κ1) is 40.6. The average Bonchev–Trinajstić information content (AvgIpc) is 2.98. The van der Waals surface area contributed by atoms with Crippen LogP contribution >= 0.6 is 7.82 Å². The molecule has 0 radical (unpaired) electrons. The van der Waals surface area contributed by atoms with E-state index in [1.54, 1.807) is 0 Å². The van der Waals surface area contributed by atoms with Gasteiger partial charge in [0.15, 0.2) is 0 Å². The Kier molecular flexibility index (Phi) is 28.7. The lowest BCUT2D eigenvalue weighted by atomic mass is 10.1. The highest BCUT2D eigenvalue weighted by Crippen LogP contribution is 2.49. The molecule has 0 N–H and O–H groups in total. The molecule has 0 spiro atoms. The second-order valence-electron chi connectivity index (χ2n) is 10.8. The number of esters is 1. The third-order valence-corrected chi connectivity index (χ3v) is 8.18. The average molecular weight is 618 g/mol. The summed E-state index contributed by atoms with van der Waals surface area (Å²) in [5.41, 5.74) is 8.96. The van der Waals surface area contributed by atoms with E-state index >= 15 is 0 Å². The van der Waals surface area contributed by atoms with Gasteiger partial charge in [-0.15, -0.1) is 6.58 Å². The van der Waals surface area contributed by atoms with Gasteiger partial charge in [-0.3, -0.25) is 18.4 Å². The van der Waals surface area contributed by atoms with E-state index in [0.717, 1.165) is 32.1 Å². The summed E-state index contributed by atoms with van der Waals surface area (Å²) in [5.74, 6) is -0.140. The van der Waals surface area contributed by atoms with Crippen molar-refractivity contribution in [2.75, 3.05) is 33.0 Å². The maximum absolute atomic E-state index is 12.8. The van der Waals surface area contributed by atoms with Crippen LogP contribution in [0.15, 0.2) is 17.8 Å². The Morgan fingerprint density at radius 2 is 1.43 bits per heavy atom. The lowest BCUT2D eigenvalue weighted by molar-refractivity contribution is -0.150. The molecule has 42 heavy (non-hydrogen) atoms. The molecule has 11 heteroatoms. The Morgan fingerprint density at radius 1 is 0.810 bits per heavy atom. The second-order valence-corrected chi connectivity index (χ2v) is 12.4. The fraction of sp³-hybridized carbons (Fsp3) is 0.903. The fourth-order valence-electron chi connectivity index (χ4n) is 4.32. The summed E-state index contributed by atoms with van der Waals surface area (Å²) < 4.78 is 40.2. The Bertz CT molecular complexity index is 750. The lowest BCUT2D eigenvalue weighted by Crippen LogP contribution is -2.23. The van der Waals surface area contributed by atoms with Crippen molar-refractivity contribution in [3.05, 3.63) is 23.1 Å². The van der Waals surface area contributed by atoms with Crippen molar-refractivity contribution in [2.45, 2.75) is 148 Å². The topological polar surface area (TPSA) is 129 Å². The van der Waals surface area contributed by atoms with Crippen LogP contribution in [0.25, 0.3) is 10.4 Å². The number of phosphoric ester groups is 1. The van der Waals surface area contributed by atoms with E-state index in [-0.39, 0.29) is 38.5 Å². The highest BCUT2D eigenvalue weighted by Gasteiger charge is 2.27. The van der Waals surface area contributed by atoms with Gasteiger partial charge in [0.1, 0.15) is 6.10 Å². The largest absolute Gasteiger partial charge is 0.475 e. The molecule has 10 nitrogen and oxygen atoms in total. The number of carbonyl (C=O) groups is 1. The van der Waals surface area contributed by atoms with Crippen molar-refractivity contribution in [3.63, 3.8) is 0 Å². The van der Waals surface area contributed by atoms with E-state index in [9.17, 15) is 9.36 Å². The summed E-state index contributed by atoms with van der Waals surface area (Å²) in [6, 6.07) is -0.720. The van der Waals surface area contributed by atoms with Crippen LogP contribution in [0.5, 0.6) is 0 Å². The summed E-state index contributed by atoms with van der Waals surface area (Å²) in [7, 11) is -3.81. The van der Waals surface area contributed by atoms with Crippen molar-refractivity contribution in [1.29, 1.82) is 0 Å². The van der Waals surface area contributed by atoms with Gasteiger partial charge in [0, 0.05) is 17.8 Å². The Balaban J connectivity index is 4.62. The van der Waals surface area contributed by atoms with E-state index < -0.39 is 13.9 Å². The van der Waals surface area contributed by atoms with Crippen LogP contribution in [0.4, 0.5) is 0 Å². The van der Waals surface area contributed by atoms with Crippen LogP contribution in [0.2, 0.25) is 0 Å². The van der Waals surface area contributed by atoms with Gasteiger partial charge in [-0.2, -0.15) is 0 Å². The number of unbranched alkanes of at least 4 members (excludes halogenated alkanes) is 12. The van der Waals surface area contributed by atoms with Gasteiger partial charge in [0.2, 0.25) is 0 Å². The minimum absolute atomic E-state index is 0.00134. The molecule has 1 unspecified atom stereocenters. The van der Waals surface area contributed by atoms with Gasteiger partial charge in [-0.05, 0) is 31.2 Å². The minimum atomic E-state index is -3.81. The van der Waals surface area contributed by atoms with Crippen LogP contribution < -0.4 is 0 Å². The molecule has 0 heterocycles. The zero-order valence-electron chi connectivity index (χ0n) is 26.8. The molecule has 0 aliphatic carbocycles. The summed E-state index contributed by atoms with van der Waals surface area (Å²) in [6.45, 7) is 10.3. The molecule has 0 aromatic carbocycles. The van der Waals surface area contributed by atoms with Crippen molar-refractivity contribution < 1.29 is 32.4 Å². The molecule has 0 aromatic heterocycles. The van der Waals surface area contributed by atoms with Gasteiger partial charge in [0.05, 0.1) is 39.1 Å². The van der Waals surface area contributed by atoms with E-state index in [1.807, 2.05) is 6.92 Å². The Morgan fingerprint density at radius 3 is 2.02 bits per heavy atom. The zero-order valence-corrected chi connectivity index (χ0v) is 27.7. The summed E-state index contributed by atoms with van der Waals surface area (Å²) >= 11 is 0. The second kappa shape index (κ2) is 29.7. The Labute approximate surface area is 255 Å². The summed E-state index contributed by atoms with van der Waals surface area (Å²) in [6.07, 6.45) is 20.2. The molecule has 0 bridgehead atoms. The molecular weight excluding hydrogens is 557 g/mol. The lowest BCUT2D eigenvalue weighted by Gasteiger charge is -2.20. The first-order chi connectivity index (χ1) is 20.4. The number of phosphoric acid groups is 1. The number of azide groups is 1. The van der Waals surface area contributed by atoms with Crippen molar-refractivity contribution in [2.24, 2.45) is 5.11 Å². The highest BCUT2D eigenvalue weighted by atomic mass is 31.2. The van der Waals surface area contributed by atoms with E-state index in [0.29, 0.717) is 25.9 Å². The molecule has 0 aliphatic rings. The molecule has 0 rings (SSSR count). The van der Waals surface area contributed by atoms with Crippen molar-refractivity contribution in [1.82, 2.24) is 0 Å². The van der Waals surface area contributed by atoms with Gasteiger partial charge >= 0.3 is 13.8 Å². The van der Waals surface area contributed by atoms with Gasteiger partial charge in [0.25, 0.3) is 0 Å². The number of carbonyl (C=O) groups excluding carboxylic acids is 1. The van der Waals surface area contributed by atoms with Crippen LogP contribution in [0.3, 0.4) is 0 Å². The fourth-order valence-corrected chi connectivity index (χ4v) is 5.59. The standard InChI is InChI=1S/C31H60N3O7P/c1-5-9-11-13-14-15-16-18-20-22-31(35)41-30(21-19-17-12-10-6-2)23-26-37-27-29(33-34-32)28-40-42(36,38-24-7-3)39-25-8-4/h7,29-30H,3,5-6,8-28H2,1-2,4H3/t29-,30-,42?/m1/s1. The normalized spacial score (nSPS) is 14.1. The number of rotatable bonds is 32. The highest BCUT2D eigenvalue weighted by molar-refractivity contribution is 7.48. The third-order valence-electron chi connectivity index (χ3n) is 6.75.